The van der Waals surface area contributed by atoms with Crippen LogP contribution in [-0.4, -0.2) is 51.0 Å². The second-order valence-corrected chi connectivity index (χ2v) is 8.30. The summed E-state index contributed by atoms with van der Waals surface area (Å²) >= 11 is 1.71. The van der Waals surface area contributed by atoms with E-state index in [2.05, 4.69) is 24.8 Å². The van der Waals surface area contributed by atoms with E-state index in [0.29, 0.717) is 6.54 Å². The van der Waals surface area contributed by atoms with Gasteiger partial charge in [0.1, 0.15) is 10.7 Å². The van der Waals surface area contributed by atoms with Crippen molar-refractivity contribution in [2.45, 2.75) is 32.2 Å². The summed E-state index contributed by atoms with van der Waals surface area (Å²) in [5.41, 5.74) is 1.28. The van der Waals surface area contributed by atoms with E-state index in [1.54, 1.807) is 23.7 Å². The lowest BCUT2D eigenvalue weighted by Crippen LogP contribution is -2.46. The zero-order valence-electron chi connectivity index (χ0n) is 15.1. The molecule has 4 heterocycles. The second-order valence-electron chi connectivity index (χ2n) is 7.22. The Morgan fingerprint density at radius 2 is 1.85 bits per heavy atom. The molecule has 3 aromatic heterocycles. The van der Waals surface area contributed by atoms with Gasteiger partial charge in [-0.3, -0.25) is 9.69 Å². The summed E-state index contributed by atoms with van der Waals surface area (Å²) in [6.45, 7) is 4.24. The molecule has 140 valence electrons. The van der Waals surface area contributed by atoms with Crippen molar-refractivity contribution in [2.24, 2.45) is 0 Å². The highest BCUT2D eigenvalue weighted by Crippen LogP contribution is 2.33. The summed E-state index contributed by atoms with van der Waals surface area (Å²) in [6.07, 6.45) is 8.06. The molecule has 7 nitrogen and oxygen atoms in total. The van der Waals surface area contributed by atoms with Crippen LogP contribution in [0.3, 0.4) is 0 Å². The van der Waals surface area contributed by atoms with Crippen molar-refractivity contribution in [1.29, 1.82) is 0 Å². The quantitative estimate of drug-likeness (QED) is 0.746. The normalized spacial score (nSPS) is 18.0. The van der Waals surface area contributed by atoms with E-state index in [1.807, 2.05) is 6.07 Å². The van der Waals surface area contributed by atoms with E-state index >= 15 is 0 Å². The number of nitrogens with one attached hydrogen (secondary N) is 1. The summed E-state index contributed by atoms with van der Waals surface area (Å²) in [7, 11) is 0. The molecule has 0 unspecified atom stereocenters. The maximum atomic E-state index is 12.7. The van der Waals surface area contributed by atoms with Gasteiger partial charge in [0.05, 0.1) is 11.9 Å². The van der Waals surface area contributed by atoms with Crippen LogP contribution >= 0.6 is 11.3 Å². The van der Waals surface area contributed by atoms with Crippen LogP contribution < -0.4 is 10.5 Å². The number of hydrogen-bond donors (Lipinski definition) is 1. The maximum absolute atomic E-state index is 12.7. The van der Waals surface area contributed by atoms with E-state index in [4.69, 9.17) is 4.98 Å². The Morgan fingerprint density at radius 1 is 1.07 bits per heavy atom. The number of nitrogens with zero attached hydrogens (tertiary/aromatic N) is 5. The molecule has 1 aliphatic heterocycles. The van der Waals surface area contributed by atoms with E-state index in [9.17, 15) is 4.79 Å². The average molecular weight is 382 g/mol. The summed E-state index contributed by atoms with van der Waals surface area (Å²) in [5, 5.41) is 0.837. The first-order valence-corrected chi connectivity index (χ1v) is 10.4. The Balaban J connectivity index is 1.32. The third kappa shape index (κ3) is 3.23. The van der Waals surface area contributed by atoms with Gasteiger partial charge in [0.2, 0.25) is 5.95 Å². The zero-order chi connectivity index (χ0) is 18.2. The number of aryl methyl sites for hydroxylation is 2. The van der Waals surface area contributed by atoms with Gasteiger partial charge in [-0.1, -0.05) is 0 Å². The van der Waals surface area contributed by atoms with Crippen LogP contribution in [-0.2, 0) is 19.4 Å². The van der Waals surface area contributed by atoms with Crippen LogP contribution in [0, 0.1) is 0 Å². The zero-order valence-corrected chi connectivity index (χ0v) is 16.0. The number of aromatic nitrogens is 4. The number of rotatable bonds is 3. The lowest BCUT2D eigenvalue weighted by atomic mass is 9.97. The highest BCUT2D eigenvalue weighted by Gasteiger charge is 2.22. The van der Waals surface area contributed by atoms with Gasteiger partial charge >= 0.3 is 0 Å². The van der Waals surface area contributed by atoms with Gasteiger partial charge < -0.3 is 9.88 Å². The molecule has 0 bridgehead atoms. The first-order valence-electron chi connectivity index (χ1n) is 9.56. The van der Waals surface area contributed by atoms with Gasteiger partial charge in [-0.15, -0.1) is 11.3 Å². The summed E-state index contributed by atoms with van der Waals surface area (Å²) in [5.74, 6) is 1.56. The number of fused-ring (bicyclic) bond motifs is 3. The van der Waals surface area contributed by atoms with Gasteiger partial charge in [0, 0.05) is 43.4 Å². The van der Waals surface area contributed by atoms with Gasteiger partial charge in [0.15, 0.2) is 0 Å². The highest BCUT2D eigenvalue weighted by molar-refractivity contribution is 7.18. The molecule has 27 heavy (non-hydrogen) atoms. The molecular formula is C19H22N6OS. The number of piperazine rings is 1. The summed E-state index contributed by atoms with van der Waals surface area (Å²) < 4.78 is 0. The third-order valence-electron chi connectivity index (χ3n) is 5.45. The van der Waals surface area contributed by atoms with Crippen LogP contribution in [0.4, 0.5) is 5.95 Å². The number of aromatic amines is 1. The molecule has 0 spiro atoms. The monoisotopic (exact) mass is 382 g/mol. The van der Waals surface area contributed by atoms with E-state index < -0.39 is 0 Å². The van der Waals surface area contributed by atoms with Crippen LogP contribution in [0.25, 0.3) is 10.2 Å². The lowest BCUT2D eigenvalue weighted by molar-refractivity contribution is 0.243. The smallest absolute Gasteiger partial charge is 0.259 e. The second kappa shape index (κ2) is 7.01. The van der Waals surface area contributed by atoms with Gasteiger partial charge in [0.25, 0.3) is 5.56 Å². The fraction of sp³-hybridized carbons (Fsp3) is 0.474. The molecule has 0 radical (unpaired) electrons. The van der Waals surface area contributed by atoms with Gasteiger partial charge in [-0.2, -0.15) is 0 Å². The first-order chi connectivity index (χ1) is 13.3. The van der Waals surface area contributed by atoms with Gasteiger partial charge in [-0.25, -0.2) is 15.0 Å². The fourth-order valence-corrected chi connectivity index (χ4v) is 5.34. The largest absolute Gasteiger partial charge is 0.338 e. The summed E-state index contributed by atoms with van der Waals surface area (Å²) in [4.78, 5) is 36.0. The van der Waals surface area contributed by atoms with E-state index in [1.165, 1.54) is 23.3 Å². The first kappa shape index (κ1) is 16.8. The molecule has 1 N–H and O–H groups in total. The minimum absolute atomic E-state index is 0.0331. The molecule has 0 aromatic carbocycles. The molecule has 5 rings (SSSR count). The Kier molecular flexibility index (Phi) is 4.37. The third-order valence-corrected chi connectivity index (χ3v) is 6.64. The molecule has 0 amide bonds. The average Bonchev–Trinajstić information content (AvgIpc) is 3.08. The Bertz CT molecular complexity index is 1010. The standard InChI is InChI=1S/C19H22N6OS/c26-17-16-13-4-1-2-5-14(13)27-18(16)23-15(22-17)12-24-8-10-25(11-9-24)19-20-6-3-7-21-19/h3,6-7H,1-2,4-5,8-12H2,(H,22,23,26). The van der Waals surface area contributed by atoms with Crippen LogP contribution in [0.2, 0.25) is 0 Å². The highest BCUT2D eigenvalue weighted by atomic mass is 32.1. The SMILES string of the molecule is O=c1[nH]c(CN2CCN(c3ncccn3)CC2)nc2sc3c(c12)CCCC3. The Hall–Kier alpha value is -2.32. The molecule has 1 aliphatic carbocycles. The molecule has 0 atom stereocenters. The predicted octanol–water partition coefficient (Wildman–Crippen LogP) is 1.98. The van der Waals surface area contributed by atoms with E-state index in [0.717, 1.165) is 61.0 Å². The van der Waals surface area contributed by atoms with Gasteiger partial charge in [-0.05, 0) is 37.3 Å². The van der Waals surface area contributed by atoms with Crippen molar-refractivity contribution in [3.05, 3.63) is 45.1 Å². The topological polar surface area (TPSA) is 78.0 Å². The van der Waals surface area contributed by atoms with Crippen LogP contribution in [0.5, 0.6) is 0 Å². The molecule has 2 aliphatic rings. The molecular weight excluding hydrogens is 360 g/mol. The van der Waals surface area contributed by atoms with Crippen molar-refractivity contribution in [3.63, 3.8) is 0 Å². The fourth-order valence-electron chi connectivity index (χ4n) is 4.06. The Labute approximate surface area is 161 Å². The number of thiophene rings is 1. The predicted molar refractivity (Wildman–Crippen MR) is 106 cm³/mol. The molecule has 3 aromatic rings. The number of H-pyrrole nitrogens is 1. The van der Waals surface area contributed by atoms with Crippen LogP contribution in [0.1, 0.15) is 29.1 Å². The number of anilines is 1. The molecule has 8 heteroatoms. The van der Waals surface area contributed by atoms with Crippen molar-refractivity contribution in [1.82, 2.24) is 24.8 Å². The van der Waals surface area contributed by atoms with Crippen molar-refractivity contribution < 1.29 is 0 Å². The van der Waals surface area contributed by atoms with Crippen molar-refractivity contribution in [2.75, 3.05) is 31.1 Å². The van der Waals surface area contributed by atoms with E-state index in [-0.39, 0.29) is 5.56 Å². The Morgan fingerprint density at radius 3 is 2.67 bits per heavy atom. The van der Waals surface area contributed by atoms with Crippen molar-refractivity contribution in [3.8, 4) is 0 Å². The van der Waals surface area contributed by atoms with Crippen molar-refractivity contribution >= 4 is 27.5 Å². The minimum atomic E-state index is 0.0331. The number of hydrogen-bond acceptors (Lipinski definition) is 7. The van der Waals surface area contributed by atoms with Crippen LogP contribution in [0.15, 0.2) is 23.3 Å². The molecule has 1 saturated heterocycles. The molecule has 1 fully saturated rings. The minimum Gasteiger partial charge on any atom is -0.338 e. The lowest BCUT2D eigenvalue weighted by Gasteiger charge is -2.34. The molecule has 0 saturated carbocycles. The maximum Gasteiger partial charge on any atom is 0.259 e. The summed E-state index contributed by atoms with van der Waals surface area (Å²) in [6, 6.07) is 1.83.